The van der Waals surface area contributed by atoms with Crippen molar-refractivity contribution in [2.75, 3.05) is 17.1 Å². The lowest BCUT2D eigenvalue weighted by Gasteiger charge is -2.29. The van der Waals surface area contributed by atoms with Gasteiger partial charge in [0.1, 0.15) is 0 Å². The average Bonchev–Trinajstić information content (AvgIpc) is 2.83. The topological polar surface area (TPSA) is 50.3 Å². The predicted octanol–water partition coefficient (Wildman–Crippen LogP) is 2.83. The van der Waals surface area contributed by atoms with Crippen LogP contribution in [-0.4, -0.2) is 26.2 Å². The Kier molecular flexibility index (Phi) is 3.30. The summed E-state index contributed by atoms with van der Waals surface area (Å²) in [5.74, 6) is 0. The molecule has 1 aliphatic rings. The Morgan fingerprint density at radius 2 is 2.15 bits per heavy atom. The zero-order valence-electron chi connectivity index (χ0n) is 11.5. The molecule has 0 atom stereocenters. The summed E-state index contributed by atoms with van der Waals surface area (Å²) < 4.78 is 25.1. The number of nitrogens with zero attached hydrogens (tertiary/aromatic N) is 2. The number of rotatable bonds is 2. The van der Waals surface area contributed by atoms with Crippen molar-refractivity contribution >= 4 is 27.0 Å². The van der Waals surface area contributed by atoms with Crippen LogP contribution in [0.2, 0.25) is 0 Å². The van der Waals surface area contributed by atoms with E-state index in [4.69, 9.17) is 0 Å². The van der Waals surface area contributed by atoms with Crippen molar-refractivity contribution in [3.05, 3.63) is 34.2 Å². The highest BCUT2D eigenvalue weighted by atomic mass is 32.2. The summed E-state index contributed by atoms with van der Waals surface area (Å²) in [6, 6.07) is 5.93. The van der Waals surface area contributed by atoms with Gasteiger partial charge in [0.15, 0.2) is 0 Å². The second-order valence-corrected chi connectivity index (χ2v) is 8.00. The Balaban J connectivity index is 2.05. The molecule has 4 nitrogen and oxygen atoms in total. The van der Waals surface area contributed by atoms with Gasteiger partial charge < -0.3 is 0 Å². The minimum Gasteiger partial charge on any atom is -0.270 e. The predicted molar refractivity (Wildman–Crippen MR) is 82.8 cm³/mol. The summed E-state index contributed by atoms with van der Waals surface area (Å²) in [4.78, 5) is 4.48. The molecule has 0 aliphatic carbocycles. The number of fused-ring (bicyclic) bond motifs is 1. The monoisotopic (exact) mass is 308 g/mol. The lowest BCUT2D eigenvalue weighted by Crippen LogP contribution is -2.34. The lowest BCUT2D eigenvalue weighted by atomic mass is 10.00. The van der Waals surface area contributed by atoms with E-state index < -0.39 is 10.0 Å². The van der Waals surface area contributed by atoms with Gasteiger partial charge in [-0.2, -0.15) is 0 Å². The van der Waals surface area contributed by atoms with Gasteiger partial charge in [-0.15, -0.1) is 11.3 Å². The molecule has 0 fully saturated rings. The Morgan fingerprint density at radius 3 is 2.80 bits per heavy atom. The van der Waals surface area contributed by atoms with E-state index in [1.165, 1.54) is 10.6 Å². The van der Waals surface area contributed by atoms with Gasteiger partial charge >= 0.3 is 0 Å². The van der Waals surface area contributed by atoms with Crippen LogP contribution in [0.3, 0.4) is 0 Å². The first-order valence-electron chi connectivity index (χ1n) is 6.48. The molecule has 0 bridgehead atoms. The number of aryl methyl sites for hydroxylation is 2. The first-order valence-corrected chi connectivity index (χ1v) is 9.21. The normalized spacial score (nSPS) is 15.2. The lowest BCUT2D eigenvalue weighted by molar-refractivity contribution is 0.592. The largest absolute Gasteiger partial charge is 0.270 e. The number of hydrogen-bond acceptors (Lipinski definition) is 4. The molecular formula is C14H16N2O2S2. The van der Waals surface area contributed by atoms with Crippen molar-refractivity contribution in [1.82, 2.24) is 4.98 Å². The molecule has 0 radical (unpaired) electrons. The third-order valence-corrected chi connectivity index (χ3v) is 5.42. The van der Waals surface area contributed by atoms with Crippen molar-refractivity contribution in [2.45, 2.75) is 19.8 Å². The van der Waals surface area contributed by atoms with E-state index >= 15 is 0 Å². The molecule has 2 heterocycles. The summed E-state index contributed by atoms with van der Waals surface area (Å²) >= 11 is 1.62. The van der Waals surface area contributed by atoms with Gasteiger partial charge in [-0.05, 0) is 37.5 Å². The molecule has 0 N–H and O–H groups in total. The fraction of sp³-hybridized carbons (Fsp3) is 0.357. The van der Waals surface area contributed by atoms with Crippen LogP contribution in [0.5, 0.6) is 0 Å². The Hall–Kier alpha value is -1.40. The third kappa shape index (κ3) is 2.45. The van der Waals surface area contributed by atoms with E-state index in [9.17, 15) is 8.42 Å². The zero-order chi connectivity index (χ0) is 14.3. The van der Waals surface area contributed by atoms with Crippen LogP contribution in [-0.2, 0) is 16.4 Å². The van der Waals surface area contributed by atoms with Crippen LogP contribution in [0.25, 0.3) is 11.3 Å². The second kappa shape index (κ2) is 4.86. The average molecular weight is 308 g/mol. The maximum atomic E-state index is 11.8. The fourth-order valence-electron chi connectivity index (χ4n) is 2.56. The van der Waals surface area contributed by atoms with Crippen molar-refractivity contribution in [2.24, 2.45) is 0 Å². The summed E-state index contributed by atoms with van der Waals surface area (Å²) in [6.07, 6.45) is 3.04. The molecule has 0 unspecified atom stereocenters. The van der Waals surface area contributed by atoms with Gasteiger partial charge in [0.25, 0.3) is 0 Å². The molecule has 1 aromatic heterocycles. The Morgan fingerprint density at radius 1 is 1.35 bits per heavy atom. The minimum atomic E-state index is -3.19. The van der Waals surface area contributed by atoms with Crippen LogP contribution < -0.4 is 4.31 Å². The van der Waals surface area contributed by atoms with Gasteiger partial charge in [0, 0.05) is 17.5 Å². The van der Waals surface area contributed by atoms with E-state index in [0.717, 1.165) is 40.4 Å². The van der Waals surface area contributed by atoms with Crippen LogP contribution in [0.15, 0.2) is 23.6 Å². The molecule has 0 amide bonds. The molecule has 3 rings (SSSR count). The standard InChI is InChI=1S/C14H16N2O2S2/c1-10-15-13(9-19-10)11-5-6-14-12(8-11)4-3-7-16(14)20(2,17)18/h5-6,8-9H,3-4,7H2,1-2H3. The first-order chi connectivity index (χ1) is 9.45. The molecule has 106 valence electrons. The van der Waals surface area contributed by atoms with E-state index in [2.05, 4.69) is 11.1 Å². The van der Waals surface area contributed by atoms with Gasteiger partial charge in [0.05, 0.1) is 22.6 Å². The highest BCUT2D eigenvalue weighted by Crippen LogP contribution is 2.33. The second-order valence-electron chi connectivity index (χ2n) is 5.03. The summed E-state index contributed by atoms with van der Waals surface area (Å²) in [7, 11) is -3.19. The van der Waals surface area contributed by atoms with E-state index in [0.29, 0.717) is 6.54 Å². The van der Waals surface area contributed by atoms with Crippen LogP contribution >= 0.6 is 11.3 Å². The van der Waals surface area contributed by atoms with Gasteiger partial charge in [0.2, 0.25) is 10.0 Å². The summed E-state index contributed by atoms with van der Waals surface area (Å²) in [5, 5.41) is 3.07. The number of thiazole rings is 1. The Labute approximate surface area is 123 Å². The number of benzene rings is 1. The van der Waals surface area contributed by atoms with Crippen molar-refractivity contribution in [3.63, 3.8) is 0 Å². The highest BCUT2D eigenvalue weighted by Gasteiger charge is 2.24. The molecule has 20 heavy (non-hydrogen) atoms. The quantitative estimate of drug-likeness (QED) is 0.857. The van der Waals surface area contributed by atoms with Crippen LogP contribution in [0, 0.1) is 6.92 Å². The molecular weight excluding hydrogens is 292 g/mol. The van der Waals surface area contributed by atoms with E-state index in [1.54, 1.807) is 11.3 Å². The van der Waals surface area contributed by atoms with Gasteiger partial charge in [-0.1, -0.05) is 6.07 Å². The molecule has 1 aromatic carbocycles. The van der Waals surface area contributed by atoms with Crippen LogP contribution in [0.4, 0.5) is 5.69 Å². The zero-order valence-corrected chi connectivity index (χ0v) is 13.1. The summed E-state index contributed by atoms with van der Waals surface area (Å²) in [6.45, 7) is 2.55. The van der Waals surface area contributed by atoms with Gasteiger partial charge in [-0.3, -0.25) is 4.31 Å². The van der Waals surface area contributed by atoms with Crippen molar-refractivity contribution < 1.29 is 8.42 Å². The summed E-state index contributed by atoms with van der Waals surface area (Å²) in [5.41, 5.74) is 3.93. The third-order valence-electron chi connectivity index (χ3n) is 3.47. The Bertz CT molecular complexity index is 750. The number of aromatic nitrogens is 1. The molecule has 0 saturated carbocycles. The number of sulfonamides is 1. The molecule has 0 spiro atoms. The molecule has 1 aliphatic heterocycles. The molecule has 2 aromatic rings. The highest BCUT2D eigenvalue weighted by molar-refractivity contribution is 7.92. The maximum Gasteiger partial charge on any atom is 0.232 e. The SMILES string of the molecule is Cc1nc(-c2ccc3c(c2)CCCN3S(C)(=O)=O)cs1. The van der Waals surface area contributed by atoms with Gasteiger partial charge in [-0.25, -0.2) is 13.4 Å². The number of anilines is 1. The molecule has 0 saturated heterocycles. The van der Waals surface area contributed by atoms with Crippen molar-refractivity contribution in [1.29, 1.82) is 0 Å². The molecule has 6 heteroatoms. The van der Waals surface area contributed by atoms with E-state index in [-0.39, 0.29) is 0 Å². The first kappa shape index (κ1) is 13.6. The smallest absolute Gasteiger partial charge is 0.232 e. The number of hydrogen-bond donors (Lipinski definition) is 0. The van der Waals surface area contributed by atoms with E-state index in [1.807, 2.05) is 24.4 Å². The minimum absolute atomic E-state index is 0.570. The van der Waals surface area contributed by atoms with Crippen LogP contribution in [0.1, 0.15) is 17.0 Å². The maximum absolute atomic E-state index is 11.8. The van der Waals surface area contributed by atoms with Crippen molar-refractivity contribution in [3.8, 4) is 11.3 Å². The fourth-order valence-corrected chi connectivity index (χ4v) is 4.18.